The molecule has 0 aliphatic heterocycles. The number of amides is 1. The lowest BCUT2D eigenvalue weighted by molar-refractivity contribution is 0.0931. The molecule has 1 aliphatic rings. The number of nitrogens with one attached hydrogen (secondary N) is 1. The van der Waals surface area contributed by atoms with Crippen molar-refractivity contribution < 1.29 is 9.21 Å². The number of aromatic nitrogens is 2. The molecule has 0 radical (unpaired) electrons. The van der Waals surface area contributed by atoms with Crippen molar-refractivity contribution in [1.82, 2.24) is 15.1 Å². The number of furan rings is 1. The van der Waals surface area contributed by atoms with Crippen LogP contribution in [0.1, 0.15) is 46.3 Å². The van der Waals surface area contributed by atoms with E-state index in [-0.39, 0.29) is 11.9 Å². The van der Waals surface area contributed by atoms with Crippen LogP contribution >= 0.6 is 0 Å². The van der Waals surface area contributed by atoms with Crippen LogP contribution in [0.2, 0.25) is 0 Å². The van der Waals surface area contributed by atoms with Crippen molar-refractivity contribution in [2.75, 3.05) is 0 Å². The second kappa shape index (κ2) is 4.57. The summed E-state index contributed by atoms with van der Waals surface area (Å²) in [4.78, 5) is 12.3. The van der Waals surface area contributed by atoms with E-state index >= 15 is 0 Å². The molecule has 5 nitrogen and oxygen atoms in total. The van der Waals surface area contributed by atoms with E-state index in [4.69, 9.17) is 4.42 Å². The molecule has 2 heterocycles. The third kappa shape index (κ3) is 2.16. The second-order valence-electron chi connectivity index (χ2n) is 5.02. The number of carbonyl (C=O) groups is 1. The van der Waals surface area contributed by atoms with E-state index in [1.807, 2.05) is 20.0 Å². The Bertz CT molecular complexity index is 612. The van der Waals surface area contributed by atoms with E-state index in [2.05, 4.69) is 10.4 Å². The predicted molar refractivity (Wildman–Crippen MR) is 69.8 cm³/mol. The van der Waals surface area contributed by atoms with Gasteiger partial charge in [0, 0.05) is 25.2 Å². The molecule has 2 aromatic heterocycles. The summed E-state index contributed by atoms with van der Waals surface area (Å²) in [5.41, 5.74) is 2.50. The normalized spacial score (nSPS) is 18.1. The highest BCUT2D eigenvalue weighted by Gasteiger charge is 2.25. The highest BCUT2D eigenvalue weighted by molar-refractivity contribution is 5.95. The fourth-order valence-electron chi connectivity index (χ4n) is 2.69. The molecule has 19 heavy (non-hydrogen) atoms. The topological polar surface area (TPSA) is 60.1 Å². The maximum atomic E-state index is 12.3. The molecule has 0 unspecified atom stereocenters. The van der Waals surface area contributed by atoms with Gasteiger partial charge in [0.2, 0.25) is 0 Å². The Morgan fingerprint density at radius 3 is 3.16 bits per heavy atom. The van der Waals surface area contributed by atoms with Crippen LogP contribution in [0.3, 0.4) is 0 Å². The molecule has 5 heteroatoms. The summed E-state index contributed by atoms with van der Waals surface area (Å²) in [5.74, 6) is 0.934. The van der Waals surface area contributed by atoms with Crippen molar-refractivity contribution in [1.29, 1.82) is 0 Å². The molecule has 0 saturated heterocycles. The Hall–Kier alpha value is -2.04. The summed E-state index contributed by atoms with van der Waals surface area (Å²) in [6.07, 6.45) is 6.41. The Kier molecular flexibility index (Phi) is 2.89. The van der Waals surface area contributed by atoms with Crippen molar-refractivity contribution in [2.45, 2.75) is 32.2 Å². The van der Waals surface area contributed by atoms with Crippen LogP contribution in [0.5, 0.6) is 0 Å². The first-order valence-corrected chi connectivity index (χ1v) is 6.52. The molecule has 1 N–H and O–H groups in total. The molecular formula is C14H17N3O2. The van der Waals surface area contributed by atoms with Crippen LogP contribution in [-0.2, 0) is 13.5 Å². The summed E-state index contributed by atoms with van der Waals surface area (Å²) in [7, 11) is 1.82. The fourth-order valence-corrected chi connectivity index (χ4v) is 2.69. The van der Waals surface area contributed by atoms with E-state index in [1.165, 1.54) is 0 Å². The van der Waals surface area contributed by atoms with Crippen LogP contribution < -0.4 is 5.32 Å². The SMILES string of the molecule is Cc1nn(C)cc1C(=O)N[C@@H]1CCCc2occc21. The zero-order valence-corrected chi connectivity index (χ0v) is 11.1. The minimum Gasteiger partial charge on any atom is -0.469 e. The van der Waals surface area contributed by atoms with E-state index in [9.17, 15) is 4.79 Å². The van der Waals surface area contributed by atoms with Crippen molar-refractivity contribution >= 4 is 5.91 Å². The molecule has 0 fully saturated rings. The van der Waals surface area contributed by atoms with Gasteiger partial charge >= 0.3 is 0 Å². The highest BCUT2D eigenvalue weighted by Crippen LogP contribution is 2.30. The lowest BCUT2D eigenvalue weighted by atomic mass is 9.93. The summed E-state index contributed by atoms with van der Waals surface area (Å²) in [6, 6.07) is 2.00. The fraction of sp³-hybridized carbons (Fsp3) is 0.429. The molecule has 0 aromatic carbocycles. The third-order valence-corrected chi connectivity index (χ3v) is 3.62. The number of rotatable bonds is 2. The van der Waals surface area contributed by atoms with Crippen molar-refractivity contribution in [3.05, 3.63) is 41.1 Å². The van der Waals surface area contributed by atoms with Gasteiger partial charge in [-0.05, 0) is 25.8 Å². The first-order valence-electron chi connectivity index (χ1n) is 6.52. The molecule has 2 aromatic rings. The summed E-state index contributed by atoms with van der Waals surface area (Å²) in [5, 5.41) is 7.28. The van der Waals surface area contributed by atoms with Gasteiger partial charge in [0.15, 0.2) is 0 Å². The van der Waals surface area contributed by atoms with Crippen molar-refractivity contribution in [2.24, 2.45) is 7.05 Å². The smallest absolute Gasteiger partial charge is 0.255 e. The summed E-state index contributed by atoms with van der Waals surface area (Å²) < 4.78 is 7.09. The minimum atomic E-state index is -0.0651. The highest BCUT2D eigenvalue weighted by atomic mass is 16.3. The number of hydrogen-bond acceptors (Lipinski definition) is 3. The van der Waals surface area contributed by atoms with Crippen LogP contribution in [-0.4, -0.2) is 15.7 Å². The maximum absolute atomic E-state index is 12.3. The number of carbonyl (C=O) groups excluding carboxylic acids is 1. The number of aryl methyl sites for hydroxylation is 3. The minimum absolute atomic E-state index is 0.0506. The van der Waals surface area contributed by atoms with Gasteiger partial charge in [0.05, 0.1) is 23.6 Å². The van der Waals surface area contributed by atoms with Crippen LogP contribution in [0.4, 0.5) is 0 Å². The standard InChI is InChI=1S/C14H17N3O2/c1-9-11(8-17(2)16-9)14(18)15-12-4-3-5-13-10(12)6-7-19-13/h6-8,12H,3-5H2,1-2H3,(H,15,18)/t12-/m1/s1. The van der Waals surface area contributed by atoms with Gasteiger partial charge in [-0.15, -0.1) is 0 Å². The summed E-state index contributed by atoms with van der Waals surface area (Å²) in [6.45, 7) is 1.85. The van der Waals surface area contributed by atoms with Gasteiger partial charge in [0.25, 0.3) is 5.91 Å². The zero-order valence-electron chi connectivity index (χ0n) is 11.1. The van der Waals surface area contributed by atoms with Gasteiger partial charge < -0.3 is 9.73 Å². The average molecular weight is 259 g/mol. The predicted octanol–water partition coefficient (Wildman–Crippen LogP) is 2.13. The Morgan fingerprint density at radius 1 is 1.58 bits per heavy atom. The van der Waals surface area contributed by atoms with Gasteiger partial charge in [0.1, 0.15) is 5.76 Å². The van der Waals surface area contributed by atoms with Gasteiger partial charge in [-0.25, -0.2) is 0 Å². The quantitative estimate of drug-likeness (QED) is 0.898. The molecule has 3 rings (SSSR count). The van der Waals surface area contributed by atoms with E-state index in [0.29, 0.717) is 5.56 Å². The van der Waals surface area contributed by atoms with Crippen LogP contribution in [0.15, 0.2) is 22.9 Å². The molecule has 0 saturated carbocycles. The number of hydrogen-bond donors (Lipinski definition) is 1. The first-order chi connectivity index (χ1) is 9.15. The van der Waals surface area contributed by atoms with Crippen molar-refractivity contribution in [3.8, 4) is 0 Å². The lowest BCUT2D eigenvalue weighted by Gasteiger charge is -2.22. The van der Waals surface area contributed by atoms with Crippen LogP contribution in [0.25, 0.3) is 0 Å². The van der Waals surface area contributed by atoms with Gasteiger partial charge in [-0.2, -0.15) is 5.10 Å². The van der Waals surface area contributed by atoms with Crippen LogP contribution in [0, 0.1) is 6.92 Å². The summed E-state index contributed by atoms with van der Waals surface area (Å²) >= 11 is 0. The first kappa shape index (κ1) is 12.0. The Labute approximate surface area is 111 Å². The number of fused-ring (bicyclic) bond motifs is 1. The Morgan fingerprint density at radius 2 is 2.42 bits per heavy atom. The molecule has 1 atom stereocenters. The maximum Gasteiger partial charge on any atom is 0.255 e. The zero-order chi connectivity index (χ0) is 13.4. The average Bonchev–Trinajstić information content (AvgIpc) is 2.96. The van der Waals surface area contributed by atoms with Gasteiger partial charge in [-0.3, -0.25) is 9.48 Å². The van der Waals surface area contributed by atoms with Gasteiger partial charge in [-0.1, -0.05) is 0 Å². The lowest BCUT2D eigenvalue weighted by Crippen LogP contribution is -2.30. The molecular weight excluding hydrogens is 242 g/mol. The Balaban J connectivity index is 1.80. The largest absolute Gasteiger partial charge is 0.469 e. The third-order valence-electron chi connectivity index (χ3n) is 3.62. The van der Waals surface area contributed by atoms with E-state index in [1.54, 1.807) is 17.1 Å². The van der Waals surface area contributed by atoms with E-state index in [0.717, 1.165) is 36.3 Å². The molecule has 1 aliphatic carbocycles. The molecule has 100 valence electrons. The second-order valence-corrected chi connectivity index (χ2v) is 5.02. The molecule has 0 spiro atoms. The monoisotopic (exact) mass is 259 g/mol. The van der Waals surface area contributed by atoms with Crippen molar-refractivity contribution in [3.63, 3.8) is 0 Å². The molecule has 0 bridgehead atoms. The number of nitrogens with zero attached hydrogens (tertiary/aromatic N) is 2. The van der Waals surface area contributed by atoms with E-state index < -0.39 is 0 Å². The molecule has 1 amide bonds.